The van der Waals surface area contributed by atoms with Crippen LogP contribution in [0.25, 0.3) is 0 Å². The van der Waals surface area contributed by atoms with Crippen LogP contribution in [0.2, 0.25) is 0 Å². The molecule has 126 valence electrons. The van der Waals surface area contributed by atoms with Crippen LogP contribution in [0, 0.1) is 0 Å². The fraction of sp³-hybridized carbons (Fsp3) is 0.632. The van der Waals surface area contributed by atoms with E-state index in [4.69, 9.17) is 10.5 Å². The van der Waals surface area contributed by atoms with E-state index < -0.39 is 5.54 Å². The number of carbonyl (C=O) groups excluding carboxylic acids is 1. The first-order valence-corrected chi connectivity index (χ1v) is 8.98. The van der Waals surface area contributed by atoms with Crippen LogP contribution in [0.3, 0.4) is 0 Å². The Morgan fingerprint density at radius 2 is 1.74 bits per heavy atom. The molecule has 4 nitrogen and oxygen atoms in total. The van der Waals surface area contributed by atoms with Crippen molar-refractivity contribution in [2.45, 2.75) is 76.0 Å². The Kier molecular flexibility index (Phi) is 5.21. The molecule has 0 heterocycles. The molecule has 1 aromatic carbocycles. The molecule has 2 saturated carbocycles. The van der Waals surface area contributed by atoms with Gasteiger partial charge in [0.2, 0.25) is 5.91 Å². The van der Waals surface area contributed by atoms with Gasteiger partial charge in [0.15, 0.2) is 0 Å². The van der Waals surface area contributed by atoms with Crippen molar-refractivity contribution in [1.82, 2.24) is 5.32 Å². The Bertz CT molecular complexity index is 515. The number of ether oxygens (including phenoxy) is 1. The lowest BCUT2D eigenvalue weighted by Gasteiger charge is -2.23. The highest BCUT2D eigenvalue weighted by Crippen LogP contribution is 2.27. The molecule has 0 bridgehead atoms. The first kappa shape index (κ1) is 16.3. The number of amides is 1. The van der Waals surface area contributed by atoms with E-state index in [9.17, 15) is 4.79 Å². The van der Waals surface area contributed by atoms with E-state index in [0.29, 0.717) is 12.6 Å². The molecule has 23 heavy (non-hydrogen) atoms. The van der Waals surface area contributed by atoms with Crippen molar-refractivity contribution in [1.29, 1.82) is 0 Å². The minimum atomic E-state index is -0.649. The van der Waals surface area contributed by atoms with Crippen LogP contribution < -0.4 is 15.8 Å². The van der Waals surface area contributed by atoms with Crippen molar-refractivity contribution in [2.75, 3.05) is 0 Å². The zero-order chi connectivity index (χ0) is 16.1. The van der Waals surface area contributed by atoms with Gasteiger partial charge in [-0.1, -0.05) is 31.4 Å². The Balaban J connectivity index is 1.48. The molecule has 3 N–H and O–H groups in total. The molecule has 0 aromatic heterocycles. The van der Waals surface area contributed by atoms with Crippen LogP contribution >= 0.6 is 0 Å². The Labute approximate surface area is 138 Å². The lowest BCUT2D eigenvalue weighted by Crippen LogP contribution is -2.51. The predicted molar refractivity (Wildman–Crippen MR) is 91.2 cm³/mol. The third-order valence-electron chi connectivity index (χ3n) is 5.18. The highest BCUT2D eigenvalue weighted by atomic mass is 16.5. The van der Waals surface area contributed by atoms with Gasteiger partial charge in [-0.05, 0) is 56.2 Å². The summed E-state index contributed by atoms with van der Waals surface area (Å²) in [6.45, 7) is 0.529. The third-order valence-corrected chi connectivity index (χ3v) is 5.18. The van der Waals surface area contributed by atoms with E-state index >= 15 is 0 Å². The monoisotopic (exact) mass is 316 g/mol. The quantitative estimate of drug-likeness (QED) is 0.876. The predicted octanol–water partition coefficient (Wildman–Crippen LogP) is 3.29. The van der Waals surface area contributed by atoms with Crippen LogP contribution in [-0.4, -0.2) is 17.6 Å². The highest BCUT2D eigenvalue weighted by Gasteiger charge is 2.36. The average molecular weight is 316 g/mol. The SMILES string of the molecule is NC1(C(=O)NCc2ccc(OC3CCCCC3)cc2)CCCC1. The maximum atomic E-state index is 12.2. The first-order chi connectivity index (χ1) is 11.2. The number of rotatable bonds is 5. The second-order valence-corrected chi connectivity index (χ2v) is 7.07. The van der Waals surface area contributed by atoms with Crippen molar-refractivity contribution in [3.8, 4) is 5.75 Å². The molecule has 0 aliphatic heterocycles. The summed E-state index contributed by atoms with van der Waals surface area (Å²) in [5, 5.41) is 2.98. The molecular formula is C19H28N2O2. The van der Waals surface area contributed by atoms with Gasteiger partial charge in [0.05, 0.1) is 11.6 Å². The van der Waals surface area contributed by atoms with Crippen molar-refractivity contribution in [2.24, 2.45) is 5.73 Å². The number of hydrogen-bond donors (Lipinski definition) is 2. The smallest absolute Gasteiger partial charge is 0.240 e. The summed E-state index contributed by atoms with van der Waals surface area (Å²) in [7, 11) is 0. The molecule has 2 aliphatic carbocycles. The molecule has 3 rings (SSSR count). The van der Waals surface area contributed by atoms with E-state index in [1.807, 2.05) is 24.3 Å². The van der Waals surface area contributed by atoms with Gasteiger partial charge in [0.1, 0.15) is 5.75 Å². The zero-order valence-electron chi connectivity index (χ0n) is 13.9. The summed E-state index contributed by atoms with van der Waals surface area (Å²) in [5.74, 6) is 0.913. The molecule has 4 heteroatoms. The number of nitrogens with one attached hydrogen (secondary N) is 1. The average Bonchev–Trinajstić information content (AvgIpc) is 3.03. The molecule has 2 aliphatic rings. The molecule has 0 spiro atoms. The van der Waals surface area contributed by atoms with E-state index in [2.05, 4.69) is 5.32 Å². The van der Waals surface area contributed by atoms with Gasteiger partial charge in [-0.25, -0.2) is 0 Å². The minimum Gasteiger partial charge on any atom is -0.490 e. The highest BCUT2D eigenvalue weighted by molar-refractivity contribution is 5.86. The van der Waals surface area contributed by atoms with Crippen LogP contribution in [0.5, 0.6) is 5.75 Å². The summed E-state index contributed by atoms with van der Waals surface area (Å²) in [6.07, 6.45) is 10.3. The second-order valence-electron chi connectivity index (χ2n) is 7.07. The molecule has 0 atom stereocenters. The lowest BCUT2D eigenvalue weighted by atomic mass is 9.98. The Morgan fingerprint density at radius 1 is 1.09 bits per heavy atom. The van der Waals surface area contributed by atoms with Gasteiger partial charge in [-0.2, -0.15) is 0 Å². The molecule has 2 fully saturated rings. The van der Waals surface area contributed by atoms with Gasteiger partial charge in [-0.15, -0.1) is 0 Å². The topological polar surface area (TPSA) is 64.4 Å². The van der Waals surface area contributed by atoms with Gasteiger partial charge in [0.25, 0.3) is 0 Å². The molecule has 0 unspecified atom stereocenters. The molecule has 1 amide bonds. The lowest BCUT2D eigenvalue weighted by molar-refractivity contribution is -0.126. The standard InChI is InChI=1S/C19H28N2O2/c20-19(12-4-5-13-19)18(22)21-14-15-8-10-17(11-9-15)23-16-6-2-1-3-7-16/h8-11,16H,1-7,12-14,20H2,(H,21,22). The van der Waals surface area contributed by atoms with Crippen LogP contribution in [0.15, 0.2) is 24.3 Å². The van der Waals surface area contributed by atoms with Crippen LogP contribution in [0.4, 0.5) is 0 Å². The number of hydrogen-bond acceptors (Lipinski definition) is 3. The number of carbonyl (C=O) groups is 1. The van der Waals surface area contributed by atoms with E-state index in [-0.39, 0.29) is 5.91 Å². The minimum absolute atomic E-state index is 0.0162. The van der Waals surface area contributed by atoms with Crippen molar-refractivity contribution >= 4 is 5.91 Å². The third kappa shape index (κ3) is 4.25. The molecular weight excluding hydrogens is 288 g/mol. The van der Waals surface area contributed by atoms with Crippen molar-refractivity contribution < 1.29 is 9.53 Å². The largest absolute Gasteiger partial charge is 0.490 e. The zero-order valence-corrected chi connectivity index (χ0v) is 13.9. The van der Waals surface area contributed by atoms with Gasteiger partial charge in [-0.3, -0.25) is 4.79 Å². The summed E-state index contributed by atoms with van der Waals surface area (Å²) < 4.78 is 6.03. The summed E-state index contributed by atoms with van der Waals surface area (Å²) >= 11 is 0. The van der Waals surface area contributed by atoms with E-state index in [1.54, 1.807) is 0 Å². The summed E-state index contributed by atoms with van der Waals surface area (Å²) in [4.78, 5) is 12.2. The first-order valence-electron chi connectivity index (χ1n) is 8.98. The normalized spacial score (nSPS) is 21.1. The van der Waals surface area contributed by atoms with Gasteiger partial charge < -0.3 is 15.8 Å². The fourth-order valence-electron chi connectivity index (χ4n) is 3.65. The Morgan fingerprint density at radius 3 is 2.39 bits per heavy atom. The van der Waals surface area contributed by atoms with Crippen LogP contribution in [-0.2, 0) is 11.3 Å². The van der Waals surface area contributed by atoms with Gasteiger partial charge in [0, 0.05) is 6.54 Å². The van der Waals surface area contributed by atoms with Crippen LogP contribution in [0.1, 0.15) is 63.4 Å². The number of nitrogens with two attached hydrogens (primary N) is 1. The summed E-state index contributed by atoms with van der Waals surface area (Å²) in [5.41, 5.74) is 6.59. The molecule has 0 radical (unpaired) electrons. The maximum Gasteiger partial charge on any atom is 0.240 e. The molecule has 0 saturated heterocycles. The van der Waals surface area contributed by atoms with Crippen molar-refractivity contribution in [3.63, 3.8) is 0 Å². The Hall–Kier alpha value is -1.55. The molecule has 1 aromatic rings. The fourth-order valence-corrected chi connectivity index (χ4v) is 3.65. The van der Waals surface area contributed by atoms with Crippen molar-refractivity contribution in [3.05, 3.63) is 29.8 Å². The second kappa shape index (κ2) is 7.35. The van der Waals surface area contributed by atoms with E-state index in [1.165, 1.54) is 19.3 Å². The summed E-state index contributed by atoms with van der Waals surface area (Å²) in [6, 6.07) is 8.06. The maximum absolute atomic E-state index is 12.2. The van der Waals surface area contributed by atoms with E-state index in [0.717, 1.165) is 49.8 Å². The van der Waals surface area contributed by atoms with Gasteiger partial charge >= 0.3 is 0 Å². The number of benzene rings is 1.